The van der Waals surface area contributed by atoms with E-state index in [1.165, 1.54) is 13.1 Å². The fraction of sp³-hybridized carbons (Fsp3) is 1.00. The molecule has 0 aliphatic carbocycles. The van der Waals surface area contributed by atoms with Crippen molar-refractivity contribution in [1.82, 2.24) is 25.3 Å². The van der Waals surface area contributed by atoms with E-state index in [9.17, 15) is 0 Å². The lowest BCUT2D eigenvalue weighted by Gasteiger charge is -2.46. The van der Waals surface area contributed by atoms with Crippen LogP contribution in [-0.2, 0) is 3.63 Å². The normalized spacial score (nSPS) is 22.9. The second-order valence-electron chi connectivity index (χ2n) is 8.56. The van der Waals surface area contributed by atoms with Crippen molar-refractivity contribution in [2.75, 3.05) is 115 Å². The molecule has 0 unspecified atom stereocenters. The first-order valence-electron chi connectivity index (χ1n) is 10.2. The third-order valence-electron chi connectivity index (χ3n) is 5.04. The molecule has 7 nitrogen and oxygen atoms in total. The summed E-state index contributed by atoms with van der Waals surface area (Å²) in [4.78, 5) is 7.58. The van der Waals surface area contributed by atoms with Gasteiger partial charge in [-0.15, -0.1) is 20.6 Å². The van der Waals surface area contributed by atoms with Crippen molar-refractivity contribution in [3.8, 4) is 0 Å². The van der Waals surface area contributed by atoms with Gasteiger partial charge in [0.1, 0.15) is 0 Å². The second-order valence-corrected chi connectivity index (χ2v) is 15.4. The van der Waals surface area contributed by atoms with Crippen LogP contribution in [0.15, 0.2) is 0 Å². The topological polar surface area (TPSA) is 69.0 Å². The third-order valence-corrected chi connectivity index (χ3v) is 9.87. The summed E-state index contributed by atoms with van der Waals surface area (Å²) in [5.74, 6) is 2.07. The van der Waals surface area contributed by atoms with E-state index in [1.807, 2.05) is 0 Å². The van der Waals surface area contributed by atoms with Crippen LogP contribution in [0.1, 0.15) is 0 Å². The van der Waals surface area contributed by atoms with Gasteiger partial charge in [0.2, 0.25) is 0 Å². The quantitative estimate of drug-likeness (QED) is 0.402. The number of hydrogen-bond acceptors (Lipinski definition) is 7. The van der Waals surface area contributed by atoms with E-state index < -0.39 is 20.6 Å². The Bertz CT molecular complexity index is 413. The summed E-state index contributed by atoms with van der Waals surface area (Å²) < 4.78 is 6.70. The van der Waals surface area contributed by atoms with E-state index in [0.29, 0.717) is 0 Å². The van der Waals surface area contributed by atoms with Gasteiger partial charge in [0.05, 0.1) is 5.88 Å². The molecular formula is C18H44N6OS2. The number of hydrogen-bond donors (Lipinski definition) is 3. The Morgan fingerprint density at radius 2 is 1.44 bits per heavy atom. The summed E-state index contributed by atoms with van der Waals surface area (Å²) in [7, 11) is -2.14. The first kappa shape index (κ1) is 23.7. The van der Waals surface area contributed by atoms with Crippen LogP contribution in [-0.4, -0.2) is 130 Å². The molecule has 2 fully saturated rings. The maximum absolute atomic E-state index is 6.70. The highest BCUT2D eigenvalue weighted by molar-refractivity contribution is 8.40. The Labute approximate surface area is 170 Å². The molecule has 4 N–H and O–H groups in total. The lowest BCUT2D eigenvalue weighted by molar-refractivity contribution is 0.151. The number of nitrogens with one attached hydrogen (secondary N) is 2. The molecule has 0 saturated carbocycles. The predicted molar refractivity (Wildman–Crippen MR) is 124 cm³/mol. The van der Waals surface area contributed by atoms with Gasteiger partial charge in [0, 0.05) is 84.4 Å². The van der Waals surface area contributed by atoms with E-state index in [-0.39, 0.29) is 0 Å². The summed E-state index contributed by atoms with van der Waals surface area (Å²) in [6.07, 6.45) is 9.26. The molecular weight excluding hydrogens is 380 g/mol. The maximum Gasteiger partial charge on any atom is 0.0507 e. The highest BCUT2D eigenvalue weighted by atomic mass is 32.3. The first-order valence-corrected chi connectivity index (χ1v) is 15.3. The summed E-state index contributed by atoms with van der Waals surface area (Å²) in [5.41, 5.74) is 5.68. The highest BCUT2D eigenvalue weighted by Crippen LogP contribution is 2.57. The van der Waals surface area contributed by atoms with Crippen molar-refractivity contribution in [3.63, 3.8) is 0 Å². The molecule has 2 rings (SSSR count). The van der Waals surface area contributed by atoms with Crippen LogP contribution >= 0.6 is 20.6 Å². The average molecular weight is 425 g/mol. The van der Waals surface area contributed by atoms with Crippen LogP contribution in [0.2, 0.25) is 0 Å². The summed E-state index contributed by atoms with van der Waals surface area (Å²) in [5, 5.41) is 7.06. The number of nitrogens with zero attached hydrogens (tertiary/aromatic N) is 3. The molecule has 9 heteroatoms. The summed E-state index contributed by atoms with van der Waals surface area (Å²) in [6, 6.07) is 0. The lowest BCUT2D eigenvalue weighted by atomic mass is 10.3. The largest absolute Gasteiger partial charge is 0.329 e. The fourth-order valence-electron chi connectivity index (χ4n) is 3.80. The lowest BCUT2D eigenvalue weighted by Crippen LogP contribution is -2.48. The molecule has 164 valence electrons. The second kappa shape index (κ2) is 11.6. The Balaban J connectivity index is 1.64. The Hall–Kier alpha value is 0.420. The van der Waals surface area contributed by atoms with Crippen molar-refractivity contribution in [2.24, 2.45) is 5.73 Å². The van der Waals surface area contributed by atoms with Crippen LogP contribution < -0.4 is 16.4 Å². The zero-order chi connectivity index (χ0) is 19.8. The Morgan fingerprint density at radius 3 is 2.07 bits per heavy atom. The van der Waals surface area contributed by atoms with Gasteiger partial charge in [-0.1, -0.05) is 0 Å². The van der Waals surface area contributed by atoms with Crippen LogP contribution in [0.25, 0.3) is 0 Å². The molecule has 0 atom stereocenters. The van der Waals surface area contributed by atoms with E-state index >= 15 is 0 Å². The average Bonchev–Trinajstić information content (AvgIpc) is 2.60. The van der Waals surface area contributed by atoms with Gasteiger partial charge in [-0.05, 0) is 25.0 Å². The molecule has 0 aromatic rings. The van der Waals surface area contributed by atoms with Gasteiger partial charge in [-0.25, -0.2) is 0 Å². The zero-order valence-corrected chi connectivity index (χ0v) is 19.7. The van der Waals surface area contributed by atoms with E-state index in [1.54, 1.807) is 0 Å². The molecule has 0 spiro atoms. The van der Waals surface area contributed by atoms with Crippen molar-refractivity contribution < 1.29 is 3.63 Å². The molecule has 0 bridgehead atoms. The maximum atomic E-state index is 6.70. The smallest absolute Gasteiger partial charge is 0.0507 e. The van der Waals surface area contributed by atoms with Gasteiger partial charge in [-0.2, -0.15) is 0 Å². The van der Waals surface area contributed by atoms with E-state index in [0.717, 1.165) is 77.2 Å². The summed E-state index contributed by atoms with van der Waals surface area (Å²) in [6.45, 7) is 13.1. The van der Waals surface area contributed by atoms with Gasteiger partial charge in [0.25, 0.3) is 0 Å². The molecule has 2 heterocycles. The minimum absolute atomic E-state index is 0.763. The Morgan fingerprint density at radius 1 is 0.852 bits per heavy atom. The van der Waals surface area contributed by atoms with Gasteiger partial charge >= 0.3 is 0 Å². The molecule has 2 aliphatic rings. The van der Waals surface area contributed by atoms with Crippen LogP contribution in [0.5, 0.6) is 0 Å². The van der Waals surface area contributed by atoms with Crippen LogP contribution in [0.4, 0.5) is 0 Å². The number of rotatable bonds is 11. The molecule has 2 aliphatic heterocycles. The molecule has 0 radical (unpaired) electrons. The fourth-order valence-corrected chi connectivity index (χ4v) is 9.93. The monoisotopic (exact) mass is 424 g/mol. The van der Waals surface area contributed by atoms with Crippen LogP contribution in [0, 0.1) is 0 Å². The van der Waals surface area contributed by atoms with Crippen molar-refractivity contribution >= 4 is 20.6 Å². The number of piperazine rings is 2. The Kier molecular flexibility index (Phi) is 10.2. The van der Waals surface area contributed by atoms with Crippen molar-refractivity contribution in [1.29, 1.82) is 0 Å². The summed E-state index contributed by atoms with van der Waals surface area (Å²) >= 11 is 0. The first-order chi connectivity index (χ1) is 12.8. The van der Waals surface area contributed by atoms with Crippen molar-refractivity contribution in [3.05, 3.63) is 0 Å². The minimum Gasteiger partial charge on any atom is -0.329 e. The van der Waals surface area contributed by atoms with Gasteiger partial charge in [-0.3, -0.25) is 18.3 Å². The predicted octanol–water partition coefficient (Wildman–Crippen LogP) is -0.0525. The van der Waals surface area contributed by atoms with Crippen LogP contribution in [0.3, 0.4) is 0 Å². The molecule has 27 heavy (non-hydrogen) atoms. The molecule has 0 aromatic carbocycles. The minimum atomic E-state index is -1.07. The SMILES string of the molecule is CS(C)(CNCCN1CCNCC1)OS(C)(C)CN1CCN(CCN)CC1. The van der Waals surface area contributed by atoms with Crippen molar-refractivity contribution in [2.45, 2.75) is 0 Å². The van der Waals surface area contributed by atoms with E-state index in [2.05, 4.69) is 50.4 Å². The van der Waals surface area contributed by atoms with Gasteiger partial charge < -0.3 is 16.4 Å². The number of nitrogens with two attached hydrogens (primary N) is 1. The molecule has 0 amide bonds. The standard InChI is InChI=1S/C18H44N6OS2/c1-26(2,17-21-8-12-23-10-6-20-7-11-23)25-27(3,4)18-24-15-13-22(9-5-19)14-16-24/h20-21H,5-19H2,1-4H3. The zero-order valence-electron chi connectivity index (χ0n) is 18.0. The molecule has 2 saturated heterocycles. The van der Waals surface area contributed by atoms with Gasteiger partial charge in [0.15, 0.2) is 0 Å². The molecule has 0 aromatic heterocycles. The van der Waals surface area contributed by atoms with E-state index in [4.69, 9.17) is 9.36 Å². The third kappa shape index (κ3) is 9.64. The highest BCUT2D eigenvalue weighted by Gasteiger charge is 2.26.